The summed E-state index contributed by atoms with van der Waals surface area (Å²) < 4.78 is 0. The summed E-state index contributed by atoms with van der Waals surface area (Å²) in [5.74, 6) is -8.01. The minimum absolute atomic E-state index is 0.129. The van der Waals surface area contributed by atoms with E-state index in [1.54, 1.807) is 30.3 Å². The molecular weight excluding hydrogens is 492 g/mol. The van der Waals surface area contributed by atoms with Crippen LogP contribution in [0.3, 0.4) is 0 Å². The Morgan fingerprint density at radius 2 is 1.27 bits per heavy atom. The lowest BCUT2D eigenvalue weighted by Gasteiger charge is -2.24. The number of nitrogens with two attached hydrogens (primary N) is 3. The molecule has 0 bridgehead atoms. The lowest BCUT2D eigenvalue weighted by atomic mass is 10.0. The second kappa shape index (κ2) is 14.8. The fourth-order valence-electron chi connectivity index (χ4n) is 3.12. The van der Waals surface area contributed by atoms with Crippen molar-refractivity contribution < 1.29 is 43.8 Å². The first-order valence-corrected chi connectivity index (χ1v) is 11.0. The van der Waals surface area contributed by atoms with Crippen molar-refractivity contribution in [2.75, 3.05) is 0 Å². The maximum Gasteiger partial charge on any atom is 0.326 e. The average molecular weight is 523 g/mol. The van der Waals surface area contributed by atoms with Crippen LogP contribution >= 0.6 is 0 Å². The van der Waals surface area contributed by atoms with Crippen LogP contribution in [0.5, 0.6) is 0 Å². The lowest BCUT2D eigenvalue weighted by molar-refractivity contribution is -0.147. The minimum atomic E-state index is -1.86. The number of aliphatic carboxylic acids is 2. The first kappa shape index (κ1) is 30.5. The summed E-state index contributed by atoms with van der Waals surface area (Å²) in [7, 11) is 0. The number of hydrogen-bond donors (Lipinski definition) is 8. The Bertz CT molecular complexity index is 1020. The number of carbonyl (C=O) groups is 7. The maximum absolute atomic E-state index is 12.9. The molecule has 1 aromatic carbocycles. The molecule has 11 N–H and O–H groups in total. The molecule has 202 valence electrons. The molecule has 0 fully saturated rings. The van der Waals surface area contributed by atoms with E-state index in [2.05, 4.69) is 10.6 Å². The number of carbonyl (C=O) groups excluding carboxylic acids is 5. The Kier molecular flexibility index (Phi) is 12.2. The second-order valence-electron chi connectivity index (χ2n) is 8.09. The van der Waals surface area contributed by atoms with Gasteiger partial charge in [-0.05, 0) is 18.4 Å². The highest BCUT2D eigenvalue weighted by atomic mass is 16.4. The van der Waals surface area contributed by atoms with Gasteiger partial charge in [-0.15, -0.1) is 0 Å². The van der Waals surface area contributed by atoms with Gasteiger partial charge in [0.25, 0.3) is 0 Å². The molecule has 1 aromatic rings. The van der Waals surface area contributed by atoms with E-state index in [0.29, 0.717) is 0 Å². The van der Waals surface area contributed by atoms with Gasteiger partial charge in [0.1, 0.15) is 18.1 Å². The summed E-state index contributed by atoms with van der Waals surface area (Å²) in [4.78, 5) is 82.9. The minimum Gasteiger partial charge on any atom is -0.481 e. The molecule has 0 saturated carbocycles. The third kappa shape index (κ3) is 11.6. The van der Waals surface area contributed by atoms with Crippen molar-refractivity contribution in [1.29, 1.82) is 0 Å². The van der Waals surface area contributed by atoms with Gasteiger partial charge >= 0.3 is 11.9 Å². The Labute approximate surface area is 211 Å². The first-order chi connectivity index (χ1) is 17.3. The van der Waals surface area contributed by atoms with E-state index in [-0.39, 0.29) is 19.3 Å². The van der Waals surface area contributed by atoms with Crippen LogP contribution in [0.4, 0.5) is 0 Å². The van der Waals surface area contributed by atoms with E-state index >= 15 is 0 Å². The number of carboxylic acids is 2. The Morgan fingerprint density at radius 1 is 0.730 bits per heavy atom. The zero-order valence-corrected chi connectivity index (χ0v) is 19.7. The van der Waals surface area contributed by atoms with Crippen molar-refractivity contribution >= 4 is 41.5 Å². The molecule has 0 spiro atoms. The van der Waals surface area contributed by atoms with Crippen molar-refractivity contribution in [2.45, 2.75) is 56.3 Å². The molecule has 0 aliphatic rings. The van der Waals surface area contributed by atoms with Crippen LogP contribution in [0, 0.1) is 0 Å². The molecule has 37 heavy (non-hydrogen) atoms. The number of benzene rings is 1. The normalized spacial score (nSPS) is 13.8. The highest BCUT2D eigenvalue weighted by molar-refractivity contribution is 5.96. The van der Waals surface area contributed by atoms with E-state index < -0.39 is 78.5 Å². The SMILES string of the molecule is NC(=O)CCC(NC(=O)C(N)Cc1ccccc1)C(=O)NC(CC(N)=O)C(=O)NC(CC(=O)O)C(=O)O. The molecule has 4 unspecified atom stereocenters. The van der Waals surface area contributed by atoms with Crippen LogP contribution in [0.25, 0.3) is 0 Å². The monoisotopic (exact) mass is 522 g/mol. The van der Waals surface area contributed by atoms with Crippen molar-refractivity contribution in [3.63, 3.8) is 0 Å². The summed E-state index contributed by atoms with van der Waals surface area (Å²) in [6.45, 7) is 0. The van der Waals surface area contributed by atoms with E-state index in [1.165, 1.54) is 0 Å². The van der Waals surface area contributed by atoms with E-state index in [4.69, 9.17) is 27.4 Å². The highest BCUT2D eigenvalue weighted by Gasteiger charge is 2.32. The van der Waals surface area contributed by atoms with Crippen molar-refractivity contribution in [3.05, 3.63) is 35.9 Å². The van der Waals surface area contributed by atoms with Gasteiger partial charge in [0.2, 0.25) is 29.5 Å². The zero-order valence-electron chi connectivity index (χ0n) is 19.7. The number of hydrogen-bond acceptors (Lipinski definition) is 8. The lowest BCUT2D eigenvalue weighted by Crippen LogP contribution is -2.58. The van der Waals surface area contributed by atoms with Crippen LogP contribution in [-0.4, -0.2) is 75.9 Å². The molecule has 4 atom stereocenters. The third-order valence-electron chi connectivity index (χ3n) is 4.98. The van der Waals surface area contributed by atoms with E-state index in [0.717, 1.165) is 5.56 Å². The fourth-order valence-corrected chi connectivity index (χ4v) is 3.12. The predicted molar refractivity (Wildman–Crippen MR) is 126 cm³/mol. The maximum atomic E-state index is 12.9. The van der Waals surface area contributed by atoms with Gasteiger partial charge in [-0.1, -0.05) is 30.3 Å². The smallest absolute Gasteiger partial charge is 0.326 e. The molecule has 1 rings (SSSR count). The number of nitrogens with one attached hydrogen (secondary N) is 3. The van der Waals surface area contributed by atoms with Crippen molar-refractivity contribution in [3.8, 4) is 0 Å². The van der Waals surface area contributed by atoms with Crippen LogP contribution in [0.1, 0.15) is 31.2 Å². The Hall–Kier alpha value is -4.53. The third-order valence-corrected chi connectivity index (χ3v) is 4.98. The topological polar surface area (TPSA) is 274 Å². The number of amides is 5. The molecule has 15 heteroatoms. The van der Waals surface area contributed by atoms with Crippen LogP contribution in [0.2, 0.25) is 0 Å². The highest BCUT2D eigenvalue weighted by Crippen LogP contribution is 2.05. The molecule has 0 saturated heterocycles. The summed E-state index contributed by atoms with van der Waals surface area (Å²) in [5.41, 5.74) is 16.9. The van der Waals surface area contributed by atoms with Gasteiger partial charge in [0, 0.05) is 6.42 Å². The molecule has 0 heterocycles. The summed E-state index contributed by atoms with van der Waals surface area (Å²) >= 11 is 0. The first-order valence-electron chi connectivity index (χ1n) is 11.0. The molecule has 15 nitrogen and oxygen atoms in total. The van der Waals surface area contributed by atoms with Crippen molar-refractivity contribution in [1.82, 2.24) is 16.0 Å². The molecule has 0 radical (unpaired) electrons. The van der Waals surface area contributed by atoms with Crippen molar-refractivity contribution in [2.24, 2.45) is 17.2 Å². The van der Waals surface area contributed by atoms with Gasteiger partial charge < -0.3 is 43.4 Å². The molecule has 0 aromatic heterocycles. The predicted octanol–water partition coefficient (Wildman–Crippen LogP) is -3.29. The second-order valence-corrected chi connectivity index (χ2v) is 8.09. The largest absolute Gasteiger partial charge is 0.481 e. The molecule has 5 amide bonds. The number of carboxylic acid groups (broad SMARTS) is 2. The van der Waals surface area contributed by atoms with Gasteiger partial charge in [-0.2, -0.15) is 0 Å². The Balaban J connectivity index is 3.01. The van der Waals surface area contributed by atoms with Crippen LogP contribution in [0.15, 0.2) is 30.3 Å². The molecular formula is C22H30N6O9. The van der Waals surface area contributed by atoms with Gasteiger partial charge in [-0.25, -0.2) is 4.79 Å². The van der Waals surface area contributed by atoms with Gasteiger partial charge in [0.15, 0.2) is 0 Å². The van der Waals surface area contributed by atoms with E-state index in [1.807, 2.05) is 5.32 Å². The fraction of sp³-hybridized carbons (Fsp3) is 0.409. The van der Waals surface area contributed by atoms with Crippen LogP contribution in [-0.2, 0) is 40.0 Å². The molecule has 0 aliphatic carbocycles. The summed E-state index contributed by atoms with van der Waals surface area (Å²) in [6.07, 6.45) is -2.25. The van der Waals surface area contributed by atoms with E-state index in [9.17, 15) is 33.6 Å². The van der Waals surface area contributed by atoms with Gasteiger partial charge in [-0.3, -0.25) is 28.8 Å². The van der Waals surface area contributed by atoms with Crippen LogP contribution < -0.4 is 33.2 Å². The summed E-state index contributed by atoms with van der Waals surface area (Å²) in [6, 6.07) is 2.68. The number of rotatable bonds is 16. The Morgan fingerprint density at radius 3 is 1.78 bits per heavy atom. The average Bonchev–Trinajstić information content (AvgIpc) is 2.80. The molecule has 0 aliphatic heterocycles. The quantitative estimate of drug-likeness (QED) is 0.107. The standard InChI is InChI=1S/C22H30N6O9/c23-12(8-11-4-2-1-3-5-11)19(33)26-13(6-7-16(24)29)20(34)27-14(9-17(25)30)21(35)28-15(22(36)37)10-18(31)32/h1-5,12-15H,6-10,23H2,(H2,24,29)(H2,25,30)(H,26,33)(H,27,34)(H,28,35)(H,31,32)(H,36,37). The summed E-state index contributed by atoms with van der Waals surface area (Å²) in [5, 5.41) is 24.4. The number of primary amides is 2. The zero-order chi connectivity index (χ0) is 28.1. The van der Waals surface area contributed by atoms with Gasteiger partial charge in [0.05, 0.1) is 18.9 Å².